The molecule has 150 valence electrons. The number of nitrogens with zero attached hydrogens (tertiary/aromatic N) is 3. The predicted octanol–water partition coefficient (Wildman–Crippen LogP) is 2.57. The van der Waals surface area contributed by atoms with Crippen LogP contribution >= 0.6 is 0 Å². The van der Waals surface area contributed by atoms with Gasteiger partial charge in [0.25, 0.3) is 5.91 Å². The molecule has 8 nitrogen and oxygen atoms in total. The molecule has 2 heterocycles. The number of aryl methyl sites for hydroxylation is 1. The summed E-state index contributed by atoms with van der Waals surface area (Å²) in [5.41, 5.74) is 1.21. The molecule has 0 spiro atoms. The van der Waals surface area contributed by atoms with E-state index in [-0.39, 0.29) is 23.3 Å². The minimum atomic E-state index is -4.47. The summed E-state index contributed by atoms with van der Waals surface area (Å²) in [5, 5.41) is 5.17. The van der Waals surface area contributed by atoms with Crippen LogP contribution in [0.3, 0.4) is 0 Å². The van der Waals surface area contributed by atoms with Gasteiger partial charge in [-0.3, -0.25) is 14.9 Å². The number of nitrogens with one attached hydrogen (secondary N) is 2. The van der Waals surface area contributed by atoms with Crippen molar-refractivity contribution in [2.75, 3.05) is 11.9 Å². The van der Waals surface area contributed by atoms with E-state index >= 15 is 0 Å². The third-order valence-electron chi connectivity index (χ3n) is 3.34. The molecule has 0 aliphatic rings. The van der Waals surface area contributed by atoms with E-state index in [1.807, 2.05) is 0 Å². The SMILES string of the molecule is CC(=O)Nc1nc(C)cc(C(C)NC(=O)c2ccc(OCC(F)(F)F)nc2)n1. The maximum Gasteiger partial charge on any atom is 0.422 e. The highest BCUT2D eigenvalue weighted by molar-refractivity contribution is 5.94. The van der Waals surface area contributed by atoms with Gasteiger partial charge in [0, 0.05) is 24.9 Å². The van der Waals surface area contributed by atoms with Crippen LogP contribution in [0.15, 0.2) is 24.4 Å². The first-order chi connectivity index (χ1) is 13.0. The summed E-state index contributed by atoms with van der Waals surface area (Å²) in [5.74, 6) is -0.948. The second-order valence-corrected chi connectivity index (χ2v) is 5.92. The number of amides is 2. The maximum atomic E-state index is 12.3. The highest BCUT2D eigenvalue weighted by Gasteiger charge is 2.28. The van der Waals surface area contributed by atoms with Gasteiger partial charge in [0.2, 0.25) is 17.7 Å². The van der Waals surface area contributed by atoms with Crippen molar-refractivity contribution in [2.24, 2.45) is 0 Å². The molecule has 2 aromatic rings. The number of ether oxygens (including phenoxy) is 1. The Balaban J connectivity index is 2.04. The fourth-order valence-electron chi connectivity index (χ4n) is 2.14. The Labute approximate surface area is 158 Å². The first-order valence-electron chi connectivity index (χ1n) is 8.13. The first kappa shape index (κ1) is 21.1. The molecule has 28 heavy (non-hydrogen) atoms. The zero-order valence-electron chi connectivity index (χ0n) is 15.3. The van der Waals surface area contributed by atoms with Crippen LogP contribution in [0.1, 0.15) is 41.6 Å². The van der Waals surface area contributed by atoms with Gasteiger partial charge in [-0.1, -0.05) is 0 Å². The largest absolute Gasteiger partial charge is 0.468 e. The Morgan fingerprint density at radius 1 is 1.25 bits per heavy atom. The number of anilines is 1. The molecule has 0 aliphatic heterocycles. The number of halogens is 3. The fraction of sp³-hybridized carbons (Fsp3) is 0.353. The predicted molar refractivity (Wildman–Crippen MR) is 92.7 cm³/mol. The lowest BCUT2D eigenvalue weighted by Crippen LogP contribution is -2.28. The lowest BCUT2D eigenvalue weighted by molar-refractivity contribution is -0.154. The van der Waals surface area contributed by atoms with E-state index in [0.29, 0.717) is 11.4 Å². The average Bonchev–Trinajstić information content (AvgIpc) is 2.58. The molecule has 0 aromatic carbocycles. The Morgan fingerprint density at radius 2 is 1.96 bits per heavy atom. The molecule has 1 atom stereocenters. The van der Waals surface area contributed by atoms with Gasteiger partial charge >= 0.3 is 6.18 Å². The highest BCUT2D eigenvalue weighted by atomic mass is 19.4. The standard InChI is InChI=1S/C17H18F3N5O3/c1-9-6-13(25-16(22-9)24-11(3)26)10(2)23-15(27)12-4-5-14(21-7-12)28-8-17(18,19)20/h4-7,10H,8H2,1-3H3,(H,23,27)(H,22,24,25,26). The van der Waals surface area contributed by atoms with Crippen LogP contribution < -0.4 is 15.4 Å². The van der Waals surface area contributed by atoms with Crippen molar-refractivity contribution in [1.29, 1.82) is 0 Å². The smallest absolute Gasteiger partial charge is 0.422 e. The van der Waals surface area contributed by atoms with Gasteiger partial charge in [0.05, 0.1) is 17.3 Å². The van der Waals surface area contributed by atoms with Crippen molar-refractivity contribution < 1.29 is 27.5 Å². The summed E-state index contributed by atoms with van der Waals surface area (Å²) in [6, 6.07) is 3.61. The van der Waals surface area contributed by atoms with Gasteiger partial charge in [-0.15, -0.1) is 0 Å². The van der Waals surface area contributed by atoms with Gasteiger partial charge < -0.3 is 10.1 Å². The normalized spacial score (nSPS) is 12.2. The van der Waals surface area contributed by atoms with Gasteiger partial charge in [-0.05, 0) is 26.0 Å². The van der Waals surface area contributed by atoms with Crippen molar-refractivity contribution in [3.05, 3.63) is 41.3 Å². The van der Waals surface area contributed by atoms with Gasteiger partial charge in [-0.2, -0.15) is 13.2 Å². The zero-order chi connectivity index (χ0) is 20.9. The molecule has 0 fully saturated rings. The Kier molecular flexibility index (Phi) is 6.49. The third-order valence-corrected chi connectivity index (χ3v) is 3.34. The van der Waals surface area contributed by atoms with Crippen LogP contribution in [0.4, 0.5) is 19.1 Å². The number of hydrogen-bond donors (Lipinski definition) is 2. The van der Waals surface area contributed by atoms with Crippen LogP contribution in [-0.2, 0) is 4.79 Å². The summed E-state index contributed by atoms with van der Waals surface area (Å²) in [6.07, 6.45) is -3.36. The Morgan fingerprint density at radius 3 is 2.54 bits per heavy atom. The van der Waals surface area contributed by atoms with E-state index in [4.69, 9.17) is 0 Å². The van der Waals surface area contributed by atoms with E-state index in [1.54, 1.807) is 19.9 Å². The van der Waals surface area contributed by atoms with E-state index in [1.165, 1.54) is 19.1 Å². The van der Waals surface area contributed by atoms with E-state index in [0.717, 1.165) is 6.20 Å². The molecule has 2 amide bonds. The summed E-state index contributed by atoms with van der Waals surface area (Å²) in [7, 11) is 0. The minimum Gasteiger partial charge on any atom is -0.468 e. The second kappa shape index (κ2) is 8.63. The fourth-order valence-corrected chi connectivity index (χ4v) is 2.14. The number of aromatic nitrogens is 3. The molecule has 0 radical (unpaired) electrons. The maximum absolute atomic E-state index is 12.3. The van der Waals surface area contributed by atoms with E-state index < -0.39 is 24.7 Å². The lowest BCUT2D eigenvalue weighted by atomic mass is 10.2. The first-order valence-corrected chi connectivity index (χ1v) is 8.13. The van der Waals surface area contributed by atoms with Gasteiger partial charge in [0.1, 0.15) is 0 Å². The van der Waals surface area contributed by atoms with Gasteiger partial charge in [0.15, 0.2) is 6.61 Å². The van der Waals surface area contributed by atoms with Crippen molar-refractivity contribution >= 4 is 17.8 Å². The number of alkyl halides is 3. The molecule has 0 saturated heterocycles. The topological polar surface area (TPSA) is 106 Å². The molecule has 0 bridgehead atoms. The minimum absolute atomic E-state index is 0.122. The van der Waals surface area contributed by atoms with Crippen LogP contribution in [0.2, 0.25) is 0 Å². The second-order valence-electron chi connectivity index (χ2n) is 5.92. The van der Waals surface area contributed by atoms with Crippen molar-refractivity contribution in [3.63, 3.8) is 0 Å². The molecular weight excluding hydrogens is 379 g/mol. The third kappa shape index (κ3) is 6.49. The number of carbonyl (C=O) groups excluding carboxylic acids is 2. The molecule has 0 saturated carbocycles. The lowest BCUT2D eigenvalue weighted by Gasteiger charge is -2.15. The molecule has 2 N–H and O–H groups in total. The summed E-state index contributed by atoms with van der Waals surface area (Å²) in [6.45, 7) is 3.26. The van der Waals surface area contributed by atoms with Crippen LogP contribution in [-0.4, -0.2) is 39.5 Å². The summed E-state index contributed by atoms with van der Waals surface area (Å²) < 4.78 is 40.9. The summed E-state index contributed by atoms with van der Waals surface area (Å²) >= 11 is 0. The molecular formula is C17H18F3N5O3. The average molecular weight is 397 g/mol. The highest BCUT2D eigenvalue weighted by Crippen LogP contribution is 2.18. The molecule has 11 heteroatoms. The van der Waals surface area contributed by atoms with Crippen molar-refractivity contribution in [2.45, 2.75) is 33.0 Å². The quantitative estimate of drug-likeness (QED) is 0.776. The number of carbonyl (C=O) groups is 2. The van der Waals surface area contributed by atoms with Crippen LogP contribution in [0.25, 0.3) is 0 Å². The molecule has 2 rings (SSSR count). The monoisotopic (exact) mass is 397 g/mol. The number of pyridine rings is 1. The number of hydrogen-bond acceptors (Lipinski definition) is 6. The van der Waals surface area contributed by atoms with E-state index in [2.05, 4.69) is 30.3 Å². The molecule has 1 unspecified atom stereocenters. The zero-order valence-corrected chi connectivity index (χ0v) is 15.3. The van der Waals surface area contributed by atoms with Crippen LogP contribution in [0.5, 0.6) is 5.88 Å². The van der Waals surface area contributed by atoms with Crippen molar-refractivity contribution in [3.8, 4) is 5.88 Å². The van der Waals surface area contributed by atoms with Gasteiger partial charge in [-0.25, -0.2) is 15.0 Å². The van der Waals surface area contributed by atoms with E-state index in [9.17, 15) is 22.8 Å². The van der Waals surface area contributed by atoms with Crippen LogP contribution in [0, 0.1) is 6.92 Å². The molecule has 0 aliphatic carbocycles. The summed E-state index contributed by atoms with van der Waals surface area (Å²) in [4.78, 5) is 35.4. The van der Waals surface area contributed by atoms with Crippen molar-refractivity contribution in [1.82, 2.24) is 20.3 Å². The Bertz CT molecular complexity index is 856. The Hall–Kier alpha value is -3.24. The molecule has 2 aromatic heterocycles. The number of rotatable bonds is 6.